The lowest BCUT2D eigenvalue weighted by atomic mass is 9.94. The van der Waals surface area contributed by atoms with Gasteiger partial charge in [0.15, 0.2) is 0 Å². The van der Waals surface area contributed by atoms with Gasteiger partial charge in [0, 0.05) is 11.6 Å². The third-order valence-electron chi connectivity index (χ3n) is 5.07. The van der Waals surface area contributed by atoms with Crippen LogP contribution in [0.2, 0.25) is 0 Å². The Balaban J connectivity index is 2.99. The highest BCUT2D eigenvalue weighted by Crippen LogP contribution is 2.22. The molecule has 0 fully saturated rings. The van der Waals surface area contributed by atoms with Crippen LogP contribution in [0.4, 0.5) is 0 Å². The summed E-state index contributed by atoms with van der Waals surface area (Å²) < 4.78 is 28.6. The van der Waals surface area contributed by atoms with Crippen molar-refractivity contribution in [2.45, 2.75) is 53.4 Å². The van der Waals surface area contributed by atoms with Crippen molar-refractivity contribution < 1.29 is 8.42 Å². The maximum atomic E-state index is 13.0. The molecule has 3 nitrogen and oxygen atoms in total. The molecule has 1 aromatic carbocycles. The quantitative estimate of drug-likeness (QED) is 0.338. The predicted molar refractivity (Wildman–Crippen MR) is 121 cm³/mol. The molecule has 0 spiro atoms. The molecule has 1 aromatic rings. The van der Waals surface area contributed by atoms with Crippen LogP contribution < -0.4 is 4.72 Å². The molecule has 1 N–H and O–H groups in total. The Hall–Kier alpha value is -2.07. The minimum atomic E-state index is -3.66. The summed E-state index contributed by atoms with van der Waals surface area (Å²) in [5.74, 6) is 0.115. The van der Waals surface area contributed by atoms with E-state index in [1.165, 1.54) is 5.56 Å². The van der Waals surface area contributed by atoms with Gasteiger partial charge in [0.05, 0.1) is 4.91 Å². The maximum Gasteiger partial charge on any atom is 0.261 e. The van der Waals surface area contributed by atoms with Gasteiger partial charge in [-0.15, -0.1) is 6.58 Å². The first-order chi connectivity index (χ1) is 13.2. The van der Waals surface area contributed by atoms with Crippen LogP contribution in [0.5, 0.6) is 0 Å². The maximum absolute atomic E-state index is 13.0. The SMILES string of the molecule is C=CC(C)[C@H](C)C(=C)NS(=O)(=O)C(/C=C(\CC)CCc1ccccc1)=C/CC. The predicted octanol–water partition coefficient (Wildman–Crippen LogP) is 6.14. The van der Waals surface area contributed by atoms with E-state index in [2.05, 4.69) is 36.9 Å². The number of rotatable bonds is 12. The average molecular weight is 402 g/mol. The monoisotopic (exact) mass is 401 g/mol. The van der Waals surface area contributed by atoms with E-state index in [9.17, 15) is 8.42 Å². The minimum absolute atomic E-state index is 0.0251. The second kappa shape index (κ2) is 11.7. The number of hydrogen-bond donors (Lipinski definition) is 1. The van der Waals surface area contributed by atoms with Crippen LogP contribution in [0.25, 0.3) is 0 Å². The number of hydrogen-bond acceptors (Lipinski definition) is 2. The summed E-state index contributed by atoms with van der Waals surface area (Å²) in [6.07, 6.45) is 8.59. The van der Waals surface area contributed by atoms with Gasteiger partial charge in [0.25, 0.3) is 10.0 Å². The standard InChI is InChI=1S/C24H35NO2S/c1-7-13-24(28(26,27)25-21(6)20(5)19(4)8-2)18-22(9-3)16-17-23-14-11-10-12-15-23/h8,10-15,18-20,25H,2,6-7,9,16-17H2,1,3-5H3/b22-18+,24-13+/t19?,20-/m0/s1. The van der Waals surface area contributed by atoms with Crippen molar-refractivity contribution in [1.29, 1.82) is 0 Å². The van der Waals surface area contributed by atoms with Crippen LogP contribution >= 0.6 is 0 Å². The van der Waals surface area contributed by atoms with Crippen molar-refractivity contribution >= 4 is 10.0 Å². The topological polar surface area (TPSA) is 46.2 Å². The molecule has 0 aliphatic carbocycles. The third-order valence-corrected chi connectivity index (χ3v) is 6.51. The van der Waals surface area contributed by atoms with E-state index in [0.717, 1.165) is 24.8 Å². The summed E-state index contributed by atoms with van der Waals surface area (Å²) >= 11 is 0. The lowest BCUT2D eigenvalue weighted by Crippen LogP contribution is -2.28. The van der Waals surface area contributed by atoms with Gasteiger partial charge in [-0.3, -0.25) is 4.72 Å². The Kier molecular flexibility index (Phi) is 10.0. The Morgan fingerprint density at radius 3 is 2.36 bits per heavy atom. The summed E-state index contributed by atoms with van der Waals surface area (Å²) in [4.78, 5) is 0.319. The smallest absolute Gasteiger partial charge is 0.261 e. The van der Waals surface area contributed by atoms with Crippen LogP contribution in [0.15, 0.2) is 77.9 Å². The van der Waals surface area contributed by atoms with E-state index in [0.29, 0.717) is 17.0 Å². The zero-order valence-electron chi connectivity index (χ0n) is 17.7. The number of aryl methyl sites for hydroxylation is 1. The van der Waals surface area contributed by atoms with Crippen molar-refractivity contribution in [1.82, 2.24) is 4.72 Å². The summed E-state index contributed by atoms with van der Waals surface area (Å²) in [7, 11) is -3.66. The molecule has 0 radical (unpaired) electrons. The Morgan fingerprint density at radius 2 is 1.82 bits per heavy atom. The first kappa shape index (κ1) is 24.0. The summed E-state index contributed by atoms with van der Waals surface area (Å²) in [6.45, 7) is 15.7. The van der Waals surface area contributed by atoms with E-state index in [1.807, 2.05) is 51.1 Å². The highest BCUT2D eigenvalue weighted by atomic mass is 32.2. The molecule has 0 heterocycles. The zero-order valence-corrected chi connectivity index (χ0v) is 18.6. The van der Waals surface area contributed by atoms with Gasteiger partial charge in [0.2, 0.25) is 0 Å². The highest BCUT2D eigenvalue weighted by Gasteiger charge is 2.21. The fourth-order valence-corrected chi connectivity index (χ4v) is 4.15. The lowest BCUT2D eigenvalue weighted by molar-refractivity contribution is 0.511. The normalized spacial score (nSPS) is 15.0. The molecule has 4 heteroatoms. The Labute approximate surface area is 172 Å². The van der Waals surface area contributed by atoms with Crippen LogP contribution in [0.3, 0.4) is 0 Å². The van der Waals surface area contributed by atoms with E-state index in [1.54, 1.807) is 6.08 Å². The molecular formula is C24H35NO2S. The summed E-state index contributed by atoms with van der Waals surface area (Å²) in [5.41, 5.74) is 2.86. The van der Waals surface area contributed by atoms with E-state index < -0.39 is 10.0 Å². The first-order valence-corrected chi connectivity index (χ1v) is 11.5. The largest absolute Gasteiger partial charge is 0.284 e. The number of sulfonamides is 1. The molecular weight excluding hydrogens is 366 g/mol. The van der Waals surface area contributed by atoms with Crippen molar-refractivity contribution in [2.24, 2.45) is 11.8 Å². The third kappa shape index (κ3) is 7.51. The molecule has 28 heavy (non-hydrogen) atoms. The number of nitrogens with one attached hydrogen (secondary N) is 1. The van der Waals surface area contributed by atoms with Gasteiger partial charge >= 0.3 is 0 Å². The average Bonchev–Trinajstić information content (AvgIpc) is 2.69. The minimum Gasteiger partial charge on any atom is -0.284 e. The van der Waals surface area contributed by atoms with Gasteiger partial charge in [-0.2, -0.15) is 0 Å². The van der Waals surface area contributed by atoms with Crippen molar-refractivity contribution in [2.75, 3.05) is 0 Å². The lowest BCUT2D eigenvalue weighted by Gasteiger charge is -2.21. The summed E-state index contributed by atoms with van der Waals surface area (Å²) in [6, 6.07) is 10.2. The Bertz CT molecular complexity index is 804. The van der Waals surface area contributed by atoms with Gasteiger partial charge in [-0.05, 0) is 43.2 Å². The zero-order chi connectivity index (χ0) is 21.2. The molecule has 0 aromatic heterocycles. The molecule has 1 unspecified atom stereocenters. The molecule has 2 atom stereocenters. The number of benzene rings is 1. The highest BCUT2D eigenvalue weighted by molar-refractivity contribution is 7.93. The van der Waals surface area contributed by atoms with Gasteiger partial charge < -0.3 is 0 Å². The van der Waals surface area contributed by atoms with Crippen LogP contribution in [-0.4, -0.2) is 8.42 Å². The van der Waals surface area contributed by atoms with E-state index >= 15 is 0 Å². The van der Waals surface area contributed by atoms with E-state index in [-0.39, 0.29) is 11.8 Å². The fourth-order valence-electron chi connectivity index (χ4n) is 2.80. The molecule has 1 rings (SSSR count). The second-order valence-electron chi connectivity index (χ2n) is 7.17. The molecule has 154 valence electrons. The fraction of sp³-hybridized carbons (Fsp3) is 0.417. The van der Waals surface area contributed by atoms with Crippen LogP contribution in [-0.2, 0) is 16.4 Å². The van der Waals surface area contributed by atoms with Gasteiger partial charge in [-0.1, -0.05) is 82.3 Å². The van der Waals surface area contributed by atoms with Crippen LogP contribution in [0.1, 0.15) is 52.5 Å². The molecule has 0 saturated heterocycles. The molecule has 0 amide bonds. The second-order valence-corrected chi connectivity index (χ2v) is 8.85. The van der Waals surface area contributed by atoms with Crippen molar-refractivity contribution in [3.05, 3.63) is 83.5 Å². The summed E-state index contributed by atoms with van der Waals surface area (Å²) in [5, 5.41) is 0. The molecule has 0 bridgehead atoms. The molecule has 0 aliphatic heterocycles. The molecule has 0 saturated carbocycles. The van der Waals surface area contributed by atoms with Crippen molar-refractivity contribution in [3.63, 3.8) is 0 Å². The van der Waals surface area contributed by atoms with Gasteiger partial charge in [-0.25, -0.2) is 8.42 Å². The molecule has 0 aliphatic rings. The first-order valence-electron chi connectivity index (χ1n) is 10.0. The Morgan fingerprint density at radius 1 is 1.18 bits per heavy atom. The van der Waals surface area contributed by atoms with Crippen molar-refractivity contribution in [3.8, 4) is 0 Å². The van der Waals surface area contributed by atoms with E-state index in [4.69, 9.17) is 0 Å². The number of allylic oxidation sites excluding steroid dienone is 5. The van der Waals surface area contributed by atoms with Gasteiger partial charge in [0.1, 0.15) is 0 Å². The van der Waals surface area contributed by atoms with Crippen LogP contribution in [0, 0.1) is 11.8 Å².